The molecule has 0 heterocycles. The van der Waals surface area contributed by atoms with Crippen LogP contribution in [0.15, 0.2) is 0 Å². The van der Waals surface area contributed by atoms with Crippen LogP contribution in [-0.2, 0) is 9.59 Å². The van der Waals surface area contributed by atoms with Crippen molar-refractivity contribution in [1.29, 1.82) is 0 Å². The third-order valence-electron chi connectivity index (χ3n) is 2.08. The SMILES string of the molecule is NCCNC(=O)C(=O)Nc1c(F)c(F)c(F)c(F)c1F. The fourth-order valence-corrected chi connectivity index (χ4v) is 1.15. The quantitative estimate of drug-likeness (QED) is 0.327. The van der Waals surface area contributed by atoms with Gasteiger partial charge in [0.25, 0.3) is 0 Å². The van der Waals surface area contributed by atoms with Gasteiger partial charge < -0.3 is 16.4 Å². The summed E-state index contributed by atoms with van der Waals surface area (Å²) in [4.78, 5) is 22.3. The van der Waals surface area contributed by atoms with Crippen LogP contribution < -0.4 is 16.4 Å². The second-order valence-corrected chi connectivity index (χ2v) is 3.44. The molecule has 0 aromatic heterocycles. The van der Waals surface area contributed by atoms with E-state index in [1.807, 2.05) is 5.32 Å². The standard InChI is InChI=1S/C10H8F5N3O2/c11-3-4(12)6(14)8(7(15)5(3)13)18-10(20)9(19)17-2-1-16/h1-2,16H2,(H,17,19)(H,18,20). The Morgan fingerprint density at radius 1 is 0.850 bits per heavy atom. The Hall–Kier alpha value is -2.23. The van der Waals surface area contributed by atoms with Crippen LogP contribution in [-0.4, -0.2) is 24.9 Å². The molecule has 1 rings (SSSR count). The lowest BCUT2D eigenvalue weighted by Gasteiger charge is -2.09. The molecule has 20 heavy (non-hydrogen) atoms. The van der Waals surface area contributed by atoms with Gasteiger partial charge in [-0.15, -0.1) is 0 Å². The maximum absolute atomic E-state index is 13.2. The molecule has 0 unspecified atom stereocenters. The molecule has 0 saturated carbocycles. The zero-order valence-electron chi connectivity index (χ0n) is 9.70. The van der Waals surface area contributed by atoms with E-state index in [9.17, 15) is 31.5 Å². The third kappa shape index (κ3) is 3.02. The van der Waals surface area contributed by atoms with Crippen molar-refractivity contribution in [3.63, 3.8) is 0 Å². The lowest BCUT2D eigenvalue weighted by molar-refractivity contribution is -0.136. The van der Waals surface area contributed by atoms with E-state index in [4.69, 9.17) is 5.73 Å². The van der Waals surface area contributed by atoms with Crippen molar-refractivity contribution in [1.82, 2.24) is 5.32 Å². The molecule has 0 saturated heterocycles. The first-order valence-electron chi connectivity index (χ1n) is 5.11. The van der Waals surface area contributed by atoms with E-state index in [1.54, 1.807) is 0 Å². The summed E-state index contributed by atoms with van der Waals surface area (Å²) in [6.07, 6.45) is 0. The van der Waals surface area contributed by atoms with Gasteiger partial charge in [0, 0.05) is 13.1 Å². The van der Waals surface area contributed by atoms with Crippen LogP contribution in [0.5, 0.6) is 0 Å². The minimum Gasteiger partial charge on any atom is -0.347 e. The molecule has 2 amide bonds. The Bertz CT molecular complexity index is 535. The Kier molecular flexibility index (Phi) is 4.97. The number of nitrogens with one attached hydrogen (secondary N) is 2. The van der Waals surface area contributed by atoms with E-state index in [0.29, 0.717) is 0 Å². The number of rotatable bonds is 3. The fraction of sp³-hybridized carbons (Fsp3) is 0.200. The molecule has 4 N–H and O–H groups in total. The number of hydrogen-bond acceptors (Lipinski definition) is 3. The molecule has 110 valence electrons. The van der Waals surface area contributed by atoms with Crippen molar-refractivity contribution in [2.45, 2.75) is 0 Å². The molecule has 0 spiro atoms. The molecular weight excluding hydrogens is 289 g/mol. The first-order chi connectivity index (χ1) is 9.31. The Morgan fingerprint density at radius 3 is 1.75 bits per heavy atom. The highest BCUT2D eigenvalue weighted by molar-refractivity contribution is 6.39. The minimum atomic E-state index is -2.37. The summed E-state index contributed by atoms with van der Waals surface area (Å²) in [5.74, 6) is -14.3. The van der Waals surface area contributed by atoms with Crippen LogP contribution in [0.2, 0.25) is 0 Å². The molecule has 0 radical (unpaired) electrons. The number of amides is 2. The number of nitrogens with two attached hydrogens (primary N) is 1. The average Bonchev–Trinajstić information content (AvgIpc) is 2.44. The van der Waals surface area contributed by atoms with E-state index in [0.717, 1.165) is 0 Å². The van der Waals surface area contributed by atoms with Crippen molar-refractivity contribution in [3.05, 3.63) is 29.1 Å². The summed E-state index contributed by atoms with van der Waals surface area (Å²) in [6.45, 7) is -0.120. The third-order valence-corrected chi connectivity index (χ3v) is 2.08. The molecule has 0 fully saturated rings. The summed E-state index contributed by atoms with van der Waals surface area (Å²) in [5.41, 5.74) is 3.42. The lowest BCUT2D eigenvalue weighted by atomic mass is 10.2. The van der Waals surface area contributed by atoms with Crippen molar-refractivity contribution in [3.8, 4) is 0 Å². The number of carbonyl (C=O) groups is 2. The maximum Gasteiger partial charge on any atom is 0.313 e. The first kappa shape index (κ1) is 15.8. The number of carbonyl (C=O) groups excluding carboxylic acids is 2. The van der Waals surface area contributed by atoms with E-state index in [2.05, 4.69) is 0 Å². The van der Waals surface area contributed by atoms with Gasteiger partial charge in [-0.25, -0.2) is 22.0 Å². The van der Waals surface area contributed by atoms with Crippen LogP contribution >= 0.6 is 0 Å². The van der Waals surface area contributed by atoms with Crippen LogP contribution in [0, 0.1) is 29.1 Å². The Labute approximate surface area is 108 Å². The van der Waals surface area contributed by atoms with E-state index >= 15 is 0 Å². The molecule has 0 atom stereocenters. The molecule has 0 bridgehead atoms. The highest BCUT2D eigenvalue weighted by atomic mass is 19.2. The molecule has 1 aromatic rings. The summed E-state index contributed by atoms with van der Waals surface area (Å²) in [5, 5.41) is 3.26. The molecule has 5 nitrogen and oxygen atoms in total. The number of hydrogen-bond donors (Lipinski definition) is 3. The van der Waals surface area contributed by atoms with Gasteiger partial charge in [0.15, 0.2) is 23.3 Å². The maximum atomic E-state index is 13.2. The van der Waals surface area contributed by atoms with Crippen LogP contribution in [0.3, 0.4) is 0 Å². The van der Waals surface area contributed by atoms with Crippen molar-refractivity contribution >= 4 is 17.5 Å². The van der Waals surface area contributed by atoms with Crippen LogP contribution in [0.1, 0.15) is 0 Å². The second kappa shape index (κ2) is 6.28. The number of benzene rings is 1. The lowest BCUT2D eigenvalue weighted by Crippen LogP contribution is -2.38. The van der Waals surface area contributed by atoms with Crippen molar-refractivity contribution in [2.75, 3.05) is 18.4 Å². The molecule has 10 heteroatoms. The predicted molar refractivity (Wildman–Crippen MR) is 56.9 cm³/mol. The van der Waals surface area contributed by atoms with Gasteiger partial charge in [-0.05, 0) is 0 Å². The first-order valence-corrected chi connectivity index (χ1v) is 5.11. The minimum absolute atomic E-state index is 0.0124. The number of anilines is 1. The average molecular weight is 297 g/mol. The van der Waals surface area contributed by atoms with Crippen molar-refractivity contribution < 1.29 is 31.5 Å². The summed E-state index contributed by atoms with van der Waals surface area (Å²) >= 11 is 0. The Morgan fingerprint density at radius 2 is 1.30 bits per heavy atom. The van der Waals surface area contributed by atoms with Gasteiger partial charge in [-0.1, -0.05) is 0 Å². The normalized spacial score (nSPS) is 10.3. The van der Waals surface area contributed by atoms with Gasteiger partial charge >= 0.3 is 11.8 Å². The van der Waals surface area contributed by atoms with E-state index in [-0.39, 0.29) is 13.1 Å². The van der Waals surface area contributed by atoms with Crippen molar-refractivity contribution in [2.24, 2.45) is 5.73 Å². The predicted octanol–water partition coefficient (Wildman–Crippen LogP) is 0.395. The molecule has 0 aliphatic rings. The van der Waals surface area contributed by atoms with E-state index in [1.165, 1.54) is 5.32 Å². The smallest absolute Gasteiger partial charge is 0.313 e. The van der Waals surface area contributed by atoms with E-state index < -0.39 is 46.6 Å². The van der Waals surface area contributed by atoms with Gasteiger partial charge in [0.05, 0.1) is 0 Å². The highest BCUT2D eigenvalue weighted by Crippen LogP contribution is 2.26. The topological polar surface area (TPSA) is 84.2 Å². The fourth-order valence-electron chi connectivity index (χ4n) is 1.15. The second-order valence-electron chi connectivity index (χ2n) is 3.44. The van der Waals surface area contributed by atoms with Gasteiger partial charge in [0.1, 0.15) is 5.69 Å². The molecular formula is C10H8F5N3O2. The van der Waals surface area contributed by atoms with Crippen LogP contribution in [0.25, 0.3) is 0 Å². The summed E-state index contributed by atoms with van der Waals surface area (Å²) in [6, 6.07) is 0. The van der Waals surface area contributed by atoms with Gasteiger partial charge in [-0.3, -0.25) is 9.59 Å². The van der Waals surface area contributed by atoms with Gasteiger partial charge in [-0.2, -0.15) is 0 Å². The highest BCUT2D eigenvalue weighted by Gasteiger charge is 2.28. The summed E-state index contributed by atoms with van der Waals surface area (Å²) < 4.78 is 64.8. The number of halogens is 5. The molecule has 1 aromatic carbocycles. The monoisotopic (exact) mass is 297 g/mol. The van der Waals surface area contributed by atoms with Crippen LogP contribution in [0.4, 0.5) is 27.6 Å². The largest absolute Gasteiger partial charge is 0.347 e. The summed E-state index contributed by atoms with van der Waals surface area (Å²) in [7, 11) is 0. The zero-order valence-corrected chi connectivity index (χ0v) is 9.70. The van der Waals surface area contributed by atoms with Gasteiger partial charge in [0.2, 0.25) is 5.82 Å². The molecule has 0 aliphatic carbocycles. The Balaban J connectivity index is 3.04. The zero-order chi connectivity index (χ0) is 15.4. The molecule has 0 aliphatic heterocycles.